The van der Waals surface area contributed by atoms with E-state index in [-0.39, 0.29) is 0 Å². The number of hydrogen-bond donors (Lipinski definition) is 0. The predicted molar refractivity (Wildman–Crippen MR) is 137 cm³/mol. The monoisotopic (exact) mass is 418 g/mol. The Hall–Kier alpha value is -3.36. The van der Waals surface area contributed by atoms with Crippen LogP contribution in [0.3, 0.4) is 0 Å². The molecule has 2 nitrogen and oxygen atoms in total. The van der Waals surface area contributed by atoms with E-state index < -0.39 is 0 Å². The van der Waals surface area contributed by atoms with Gasteiger partial charge in [0.05, 0.1) is 0 Å². The van der Waals surface area contributed by atoms with Gasteiger partial charge in [-0.2, -0.15) is 0 Å². The lowest BCUT2D eigenvalue weighted by Gasteiger charge is -2.27. The summed E-state index contributed by atoms with van der Waals surface area (Å²) in [6, 6.07) is 35.2. The van der Waals surface area contributed by atoms with Gasteiger partial charge < -0.3 is 9.80 Å². The minimum Gasteiger partial charge on any atom is -0.363 e. The highest BCUT2D eigenvalue weighted by Gasteiger charge is 2.14. The Labute approximate surface area is 191 Å². The van der Waals surface area contributed by atoms with Crippen molar-refractivity contribution in [2.24, 2.45) is 0 Å². The Bertz CT molecular complexity index is 1170. The van der Waals surface area contributed by atoms with Crippen LogP contribution in [0.4, 0.5) is 5.69 Å². The maximum absolute atomic E-state index is 2.49. The van der Waals surface area contributed by atoms with E-state index in [1.54, 1.807) is 0 Å². The molecule has 0 bridgehead atoms. The molecule has 0 aromatic heterocycles. The Kier molecular flexibility index (Phi) is 6.04. The van der Waals surface area contributed by atoms with Crippen molar-refractivity contribution in [1.29, 1.82) is 0 Å². The van der Waals surface area contributed by atoms with Crippen LogP contribution in [0.15, 0.2) is 103 Å². The van der Waals surface area contributed by atoms with Crippen molar-refractivity contribution in [3.05, 3.63) is 120 Å². The zero-order valence-corrected chi connectivity index (χ0v) is 18.7. The summed E-state index contributed by atoms with van der Waals surface area (Å²) in [6.07, 6.45) is 3.51. The first-order valence-electron chi connectivity index (χ1n) is 11.5. The number of hydrogen-bond acceptors (Lipinski definition) is 2. The molecule has 0 N–H and O–H groups in total. The molecule has 0 spiro atoms. The number of anilines is 1. The number of fused-ring (bicyclic) bond motifs is 1. The van der Waals surface area contributed by atoms with Gasteiger partial charge in [0.1, 0.15) is 0 Å². The molecule has 1 aliphatic rings. The molecule has 0 saturated carbocycles. The molecule has 0 fully saturated rings. The van der Waals surface area contributed by atoms with Crippen LogP contribution in [0, 0.1) is 0 Å². The first kappa shape index (κ1) is 20.5. The Morgan fingerprint density at radius 2 is 1.44 bits per heavy atom. The molecule has 0 unspecified atom stereocenters. The van der Waals surface area contributed by atoms with Gasteiger partial charge in [-0.3, -0.25) is 0 Å². The predicted octanol–water partition coefficient (Wildman–Crippen LogP) is 6.77. The second kappa shape index (κ2) is 9.42. The van der Waals surface area contributed by atoms with Gasteiger partial charge >= 0.3 is 0 Å². The molecule has 4 aromatic carbocycles. The van der Waals surface area contributed by atoms with Crippen molar-refractivity contribution in [3.63, 3.8) is 0 Å². The summed E-state index contributed by atoms with van der Waals surface area (Å²) < 4.78 is 0. The molecule has 1 aliphatic heterocycles. The standard InChI is InChI=1S/C30H30N2/c1-31-19-17-27(18-20-31)29-14-8-13-26-15-16-28(21-30(26)29)32(22-24-9-4-2-5-10-24)23-25-11-6-3-7-12-25/h2-17,21H,18-20,22-23H2,1H3. The van der Waals surface area contributed by atoms with Crippen LogP contribution in [0.2, 0.25) is 0 Å². The molecule has 0 saturated heterocycles. The van der Waals surface area contributed by atoms with Crippen LogP contribution in [0.1, 0.15) is 23.1 Å². The molecule has 0 aliphatic carbocycles. The molecule has 4 aromatic rings. The van der Waals surface area contributed by atoms with Crippen LogP contribution in [-0.2, 0) is 13.1 Å². The molecule has 0 atom stereocenters. The van der Waals surface area contributed by atoms with Crippen molar-refractivity contribution in [3.8, 4) is 0 Å². The summed E-state index contributed by atoms with van der Waals surface area (Å²) in [4.78, 5) is 4.87. The van der Waals surface area contributed by atoms with Gasteiger partial charge in [0.15, 0.2) is 0 Å². The van der Waals surface area contributed by atoms with Crippen LogP contribution in [0.25, 0.3) is 16.3 Å². The fraction of sp³-hybridized carbons (Fsp3) is 0.200. The first-order chi connectivity index (χ1) is 15.8. The largest absolute Gasteiger partial charge is 0.363 e. The van der Waals surface area contributed by atoms with E-state index in [0.717, 1.165) is 32.6 Å². The third-order valence-electron chi connectivity index (χ3n) is 6.42. The zero-order chi connectivity index (χ0) is 21.8. The smallest absolute Gasteiger partial charge is 0.0433 e. The first-order valence-corrected chi connectivity index (χ1v) is 11.5. The second-order valence-electron chi connectivity index (χ2n) is 8.78. The Morgan fingerprint density at radius 3 is 2.06 bits per heavy atom. The lowest BCUT2D eigenvalue weighted by molar-refractivity contribution is 0.370. The molecular weight excluding hydrogens is 388 g/mol. The lowest BCUT2D eigenvalue weighted by atomic mass is 9.94. The average molecular weight is 419 g/mol. The second-order valence-corrected chi connectivity index (χ2v) is 8.78. The minimum absolute atomic E-state index is 0.886. The van der Waals surface area contributed by atoms with Crippen molar-refractivity contribution >= 4 is 22.0 Å². The summed E-state index contributed by atoms with van der Waals surface area (Å²) in [7, 11) is 2.19. The van der Waals surface area contributed by atoms with Gasteiger partial charge in [-0.15, -0.1) is 0 Å². The van der Waals surface area contributed by atoms with Gasteiger partial charge in [-0.1, -0.05) is 91.0 Å². The summed E-state index contributed by atoms with van der Waals surface area (Å²) in [5.74, 6) is 0. The van der Waals surface area contributed by atoms with Crippen LogP contribution in [0.5, 0.6) is 0 Å². The van der Waals surface area contributed by atoms with E-state index in [2.05, 4.69) is 120 Å². The SMILES string of the molecule is CN1CC=C(c2cccc3ccc(N(Cc4ccccc4)Cc4ccccc4)cc23)CC1. The topological polar surface area (TPSA) is 6.48 Å². The number of rotatable bonds is 6. The number of benzene rings is 4. The van der Waals surface area contributed by atoms with E-state index in [1.807, 2.05) is 0 Å². The fourth-order valence-electron chi connectivity index (χ4n) is 4.60. The Morgan fingerprint density at radius 1 is 0.750 bits per heavy atom. The molecule has 2 heteroatoms. The maximum atomic E-state index is 2.49. The molecule has 0 amide bonds. The van der Waals surface area contributed by atoms with E-state index >= 15 is 0 Å². The number of likely N-dealkylation sites (N-methyl/N-ethyl adjacent to an activating group) is 1. The third kappa shape index (κ3) is 4.61. The van der Waals surface area contributed by atoms with E-state index in [1.165, 1.54) is 38.7 Å². The summed E-state index contributed by atoms with van der Waals surface area (Å²) in [5.41, 5.74) is 6.79. The van der Waals surface area contributed by atoms with Crippen LogP contribution >= 0.6 is 0 Å². The highest BCUT2D eigenvalue weighted by Crippen LogP contribution is 2.32. The normalized spacial score (nSPS) is 14.3. The minimum atomic E-state index is 0.886. The van der Waals surface area contributed by atoms with Gasteiger partial charge in [0, 0.05) is 31.9 Å². The highest BCUT2D eigenvalue weighted by molar-refractivity contribution is 5.96. The summed E-state index contributed by atoms with van der Waals surface area (Å²) in [6.45, 7) is 3.92. The quantitative estimate of drug-likeness (QED) is 0.341. The van der Waals surface area contributed by atoms with E-state index in [4.69, 9.17) is 0 Å². The van der Waals surface area contributed by atoms with Crippen LogP contribution in [-0.4, -0.2) is 25.0 Å². The fourth-order valence-corrected chi connectivity index (χ4v) is 4.60. The molecule has 0 radical (unpaired) electrons. The van der Waals surface area contributed by atoms with Crippen LogP contribution < -0.4 is 4.90 Å². The van der Waals surface area contributed by atoms with Crippen molar-refractivity contribution in [1.82, 2.24) is 4.90 Å². The summed E-state index contributed by atoms with van der Waals surface area (Å²) >= 11 is 0. The third-order valence-corrected chi connectivity index (χ3v) is 6.42. The average Bonchev–Trinajstić information content (AvgIpc) is 2.85. The van der Waals surface area contributed by atoms with E-state index in [9.17, 15) is 0 Å². The molecule has 160 valence electrons. The lowest BCUT2D eigenvalue weighted by Crippen LogP contribution is -2.23. The zero-order valence-electron chi connectivity index (χ0n) is 18.7. The van der Waals surface area contributed by atoms with Gasteiger partial charge in [-0.05, 0) is 58.6 Å². The number of nitrogens with zero attached hydrogens (tertiary/aromatic N) is 2. The maximum Gasteiger partial charge on any atom is 0.0433 e. The molecule has 5 rings (SSSR count). The van der Waals surface area contributed by atoms with Gasteiger partial charge in [0.2, 0.25) is 0 Å². The van der Waals surface area contributed by atoms with Crippen molar-refractivity contribution < 1.29 is 0 Å². The van der Waals surface area contributed by atoms with E-state index in [0.29, 0.717) is 0 Å². The van der Waals surface area contributed by atoms with Gasteiger partial charge in [-0.25, -0.2) is 0 Å². The molecule has 1 heterocycles. The van der Waals surface area contributed by atoms with Gasteiger partial charge in [0.25, 0.3) is 0 Å². The molecule has 32 heavy (non-hydrogen) atoms. The molecular formula is C30H30N2. The summed E-state index contributed by atoms with van der Waals surface area (Å²) in [5, 5.41) is 2.66. The highest BCUT2D eigenvalue weighted by atomic mass is 15.1. The van der Waals surface area contributed by atoms with Crippen molar-refractivity contribution in [2.45, 2.75) is 19.5 Å². The van der Waals surface area contributed by atoms with Crippen molar-refractivity contribution in [2.75, 3.05) is 25.0 Å². The Balaban J connectivity index is 1.55.